The number of carbonyl (C=O) groups excluding carboxylic acids is 3. The minimum absolute atomic E-state index is 0.0135. The topological polar surface area (TPSA) is 131 Å². The Kier molecular flexibility index (Phi) is 5.91. The smallest absolute Gasteiger partial charge is 0.338 e. The minimum Gasteiger partial charge on any atom is -0.452 e. The number of hydrogen-bond donors (Lipinski definition) is 2. The Morgan fingerprint density at radius 2 is 1.68 bits per heavy atom. The van der Waals surface area contributed by atoms with E-state index in [1.807, 2.05) is 4.90 Å². The van der Waals surface area contributed by atoms with Crippen molar-refractivity contribution in [1.29, 1.82) is 0 Å². The van der Waals surface area contributed by atoms with E-state index >= 15 is 0 Å². The molecular weight excluding hydrogens is 440 g/mol. The van der Waals surface area contributed by atoms with Crippen molar-refractivity contribution in [2.75, 3.05) is 24.6 Å². The summed E-state index contributed by atoms with van der Waals surface area (Å²) in [7, 11) is 0. The number of nitrogens with zero attached hydrogens (tertiary/aromatic N) is 2. The van der Waals surface area contributed by atoms with Crippen LogP contribution in [0.5, 0.6) is 0 Å². The summed E-state index contributed by atoms with van der Waals surface area (Å²) >= 11 is 0. The summed E-state index contributed by atoms with van der Waals surface area (Å²) < 4.78 is 5.02. The maximum absolute atomic E-state index is 12.5. The molecule has 2 N–H and O–H groups in total. The average molecular weight is 471 g/mol. The van der Waals surface area contributed by atoms with E-state index in [2.05, 4.69) is 10.6 Å². The zero-order valence-electron chi connectivity index (χ0n) is 19.1. The molecule has 4 bridgehead atoms. The summed E-state index contributed by atoms with van der Waals surface area (Å²) in [6.45, 7) is 0.820. The molecule has 3 amide bonds. The summed E-state index contributed by atoms with van der Waals surface area (Å²) in [6.07, 6.45) is 8.54. The Bertz CT molecular complexity index is 983. The fourth-order valence-electron chi connectivity index (χ4n) is 6.94. The number of rotatable bonds is 6. The number of nitrogens with one attached hydrogen (secondary N) is 2. The molecule has 4 saturated carbocycles. The van der Waals surface area contributed by atoms with Crippen LogP contribution in [0.15, 0.2) is 18.2 Å². The molecule has 182 valence electrons. The number of anilines is 1. The van der Waals surface area contributed by atoms with Crippen LogP contribution in [-0.4, -0.2) is 48.1 Å². The van der Waals surface area contributed by atoms with Crippen molar-refractivity contribution in [3.8, 4) is 0 Å². The van der Waals surface area contributed by atoms with E-state index in [-0.39, 0.29) is 16.8 Å². The average Bonchev–Trinajstić information content (AvgIpc) is 3.30. The summed E-state index contributed by atoms with van der Waals surface area (Å²) in [5.41, 5.74) is 0.0561. The lowest BCUT2D eigenvalue weighted by molar-refractivity contribution is -0.384. The molecule has 5 aliphatic rings. The second-order valence-electron chi connectivity index (χ2n) is 10.4. The van der Waals surface area contributed by atoms with Gasteiger partial charge in [0.1, 0.15) is 5.69 Å². The first-order valence-electron chi connectivity index (χ1n) is 12.1. The second-order valence-corrected chi connectivity index (χ2v) is 10.4. The van der Waals surface area contributed by atoms with Crippen LogP contribution in [0.25, 0.3) is 0 Å². The minimum atomic E-state index is -0.854. The SMILES string of the molecule is O=C(COC(=O)c1ccc(N2CCCC2)c([N+](=O)[O-])c1)NC(=O)NC12CC3CC(CC(C3)C1)C2. The molecule has 5 fully saturated rings. The fourth-order valence-corrected chi connectivity index (χ4v) is 6.94. The van der Waals surface area contributed by atoms with Crippen LogP contribution in [0.2, 0.25) is 0 Å². The van der Waals surface area contributed by atoms with Crippen LogP contribution in [0, 0.1) is 27.9 Å². The number of nitro groups is 1. The molecule has 1 heterocycles. The second kappa shape index (κ2) is 8.88. The van der Waals surface area contributed by atoms with Crippen molar-refractivity contribution in [2.24, 2.45) is 17.8 Å². The monoisotopic (exact) mass is 470 g/mol. The number of ether oxygens (including phenoxy) is 1. The standard InChI is InChI=1S/C24H30N4O6/c29-21(25-23(31)26-24-11-15-7-16(12-24)9-17(8-15)13-24)14-34-22(30)18-3-4-19(20(10-18)28(32)33)27-5-1-2-6-27/h3-4,10,15-17H,1-2,5-9,11-14H2,(H2,25,26,29,31). The van der Waals surface area contributed by atoms with Crippen molar-refractivity contribution in [2.45, 2.75) is 56.9 Å². The highest BCUT2D eigenvalue weighted by molar-refractivity contribution is 5.97. The molecule has 0 atom stereocenters. The lowest BCUT2D eigenvalue weighted by atomic mass is 9.53. The molecule has 10 nitrogen and oxygen atoms in total. The number of imide groups is 1. The predicted molar refractivity (Wildman–Crippen MR) is 122 cm³/mol. The van der Waals surface area contributed by atoms with Gasteiger partial charge in [-0.2, -0.15) is 0 Å². The van der Waals surface area contributed by atoms with Crippen molar-refractivity contribution in [1.82, 2.24) is 10.6 Å². The summed E-state index contributed by atoms with van der Waals surface area (Å²) in [4.78, 5) is 50.0. The molecule has 0 radical (unpaired) electrons. The third-order valence-corrected chi connectivity index (χ3v) is 7.86. The Morgan fingerprint density at radius 1 is 1.06 bits per heavy atom. The van der Waals surface area contributed by atoms with Gasteiger partial charge in [0.15, 0.2) is 6.61 Å². The van der Waals surface area contributed by atoms with Crippen LogP contribution >= 0.6 is 0 Å². The van der Waals surface area contributed by atoms with Gasteiger partial charge in [-0.05, 0) is 81.3 Å². The first kappa shape index (κ1) is 22.6. The Morgan fingerprint density at radius 3 is 2.26 bits per heavy atom. The third-order valence-electron chi connectivity index (χ3n) is 7.86. The molecule has 1 aromatic rings. The third kappa shape index (κ3) is 4.58. The van der Waals surface area contributed by atoms with Gasteiger partial charge in [0, 0.05) is 24.7 Å². The van der Waals surface area contributed by atoms with Crippen molar-refractivity contribution in [3.05, 3.63) is 33.9 Å². The number of nitro benzene ring substituents is 1. The van der Waals surface area contributed by atoms with Crippen LogP contribution < -0.4 is 15.5 Å². The summed E-state index contributed by atoms with van der Waals surface area (Å²) in [5.74, 6) is 0.379. The van der Waals surface area contributed by atoms with Crippen molar-refractivity contribution >= 4 is 29.3 Å². The lowest BCUT2D eigenvalue weighted by Gasteiger charge is -2.56. The molecule has 6 rings (SSSR count). The molecule has 4 aliphatic carbocycles. The van der Waals surface area contributed by atoms with E-state index in [4.69, 9.17) is 4.74 Å². The molecule has 0 aromatic heterocycles. The zero-order valence-corrected chi connectivity index (χ0v) is 19.1. The van der Waals surface area contributed by atoms with E-state index in [0.29, 0.717) is 23.4 Å². The van der Waals surface area contributed by atoms with Crippen molar-refractivity contribution in [3.63, 3.8) is 0 Å². The number of carbonyl (C=O) groups is 3. The van der Waals surface area contributed by atoms with Gasteiger partial charge in [-0.3, -0.25) is 20.2 Å². The normalized spacial score (nSPS) is 29.1. The molecular formula is C24H30N4O6. The molecule has 1 aliphatic heterocycles. The summed E-state index contributed by atoms with van der Waals surface area (Å²) in [5, 5.41) is 16.8. The Labute approximate surface area is 197 Å². The van der Waals surface area contributed by atoms with Crippen LogP contribution in [0.3, 0.4) is 0 Å². The first-order chi connectivity index (χ1) is 16.3. The van der Waals surface area contributed by atoms with E-state index in [9.17, 15) is 24.5 Å². The molecule has 0 unspecified atom stereocenters. The molecule has 1 saturated heterocycles. The van der Waals surface area contributed by atoms with Gasteiger partial charge >= 0.3 is 12.0 Å². The molecule has 34 heavy (non-hydrogen) atoms. The number of amides is 3. The number of esters is 1. The Balaban J connectivity index is 1.14. The van der Waals surface area contributed by atoms with Gasteiger partial charge in [0.2, 0.25) is 0 Å². The number of benzene rings is 1. The molecule has 0 spiro atoms. The first-order valence-corrected chi connectivity index (χ1v) is 12.1. The van der Waals surface area contributed by atoms with Crippen LogP contribution in [0.1, 0.15) is 61.7 Å². The zero-order chi connectivity index (χ0) is 23.9. The van der Waals surface area contributed by atoms with E-state index in [1.165, 1.54) is 31.4 Å². The van der Waals surface area contributed by atoms with Gasteiger partial charge in [-0.1, -0.05) is 0 Å². The van der Waals surface area contributed by atoms with Crippen LogP contribution in [0.4, 0.5) is 16.2 Å². The van der Waals surface area contributed by atoms with E-state index in [1.54, 1.807) is 6.07 Å². The molecule has 10 heteroatoms. The van der Waals surface area contributed by atoms with E-state index < -0.39 is 29.4 Å². The van der Waals surface area contributed by atoms with Gasteiger partial charge in [0.05, 0.1) is 10.5 Å². The number of urea groups is 1. The Hall–Kier alpha value is -3.17. The lowest BCUT2D eigenvalue weighted by Crippen LogP contribution is -2.62. The quantitative estimate of drug-likeness (QED) is 0.371. The summed E-state index contributed by atoms with van der Waals surface area (Å²) in [6, 6.07) is 3.61. The highest BCUT2D eigenvalue weighted by Crippen LogP contribution is 2.55. The largest absolute Gasteiger partial charge is 0.452 e. The van der Waals surface area contributed by atoms with Gasteiger partial charge in [0.25, 0.3) is 11.6 Å². The van der Waals surface area contributed by atoms with E-state index in [0.717, 1.165) is 45.2 Å². The highest BCUT2D eigenvalue weighted by atomic mass is 16.6. The van der Waals surface area contributed by atoms with Gasteiger partial charge < -0.3 is 15.0 Å². The van der Waals surface area contributed by atoms with Crippen molar-refractivity contribution < 1.29 is 24.0 Å². The maximum atomic E-state index is 12.5. The fraction of sp³-hybridized carbons (Fsp3) is 0.625. The molecule has 1 aromatic carbocycles. The van der Waals surface area contributed by atoms with Gasteiger partial charge in [-0.25, -0.2) is 9.59 Å². The maximum Gasteiger partial charge on any atom is 0.338 e. The highest BCUT2D eigenvalue weighted by Gasteiger charge is 2.51. The number of hydrogen-bond acceptors (Lipinski definition) is 7. The predicted octanol–water partition coefficient (Wildman–Crippen LogP) is 3.15. The van der Waals surface area contributed by atoms with Crippen LogP contribution in [-0.2, 0) is 9.53 Å². The van der Waals surface area contributed by atoms with Gasteiger partial charge in [-0.15, -0.1) is 0 Å².